The number of rotatable bonds is 10. The number of aromatic amines is 1. The Kier molecular flexibility index (Phi) is 7.95. The van der Waals surface area contributed by atoms with E-state index in [9.17, 15) is 14.4 Å². The highest BCUT2D eigenvalue weighted by molar-refractivity contribution is 5.92. The number of ether oxygens (including phenoxy) is 2. The summed E-state index contributed by atoms with van der Waals surface area (Å²) in [6.45, 7) is 5.75. The van der Waals surface area contributed by atoms with Crippen LogP contribution in [0.3, 0.4) is 0 Å². The average Bonchev–Trinajstić information content (AvgIpc) is 2.89. The summed E-state index contributed by atoms with van der Waals surface area (Å²) < 4.78 is 12.4. The number of benzene rings is 3. The zero-order valence-electron chi connectivity index (χ0n) is 20.3. The molecule has 0 radical (unpaired) electrons. The fourth-order valence-corrected chi connectivity index (χ4v) is 3.73. The van der Waals surface area contributed by atoms with Gasteiger partial charge in [0, 0.05) is 11.3 Å². The molecule has 188 valence electrons. The molecule has 0 aliphatic heterocycles. The zero-order valence-corrected chi connectivity index (χ0v) is 20.3. The van der Waals surface area contributed by atoms with Gasteiger partial charge in [0.15, 0.2) is 18.1 Å². The van der Waals surface area contributed by atoms with Gasteiger partial charge in [-0.25, -0.2) is 4.79 Å². The summed E-state index contributed by atoms with van der Waals surface area (Å²) in [5, 5.41) is 7.25. The molecule has 37 heavy (non-hydrogen) atoms. The van der Waals surface area contributed by atoms with E-state index in [1.54, 1.807) is 54.6 Å². The van der Waals surface area contributed by atoms with Gasteiger partial charge in [-0.2, -0.15) is 5.10 Å². The van der Waals surface area contributed by atoms with Gasteiger partial charge < -0.3 is 19.8 Å². The average molecular weight is 499 g/mol. The Morgan fingerprint density at radius 1 is 1.08 bits per heavy atom. The molecule has 1 amide bonds. The first-order valence-corrected chi connectivity index (χ1v) is 11.7. The third-order valence-corrected chi connectivity index (χ3v) is 5.33. The summed E-state index contributed by atoms with van der Waals surface area (Å²) in [4.78, 5) is 40.3. The van der Waals surface area contributed by atoms with Crippen molar-refractivity contribution >= 4 is 28.7 Å². The SMILES string of the molecule is C=CCc1cc(C=Nn2c(=O)[nH]c3ccccc3c2=O)cc(OCC)c1OCC(=O)Nc1ccccc1. The molecule has 2 N–H and O–H groups in total. The number of H-pyrrole nitrogens is 1. The minimum atomic E-state index is -0.652. The Labute approximate surface area is 212 Å². The standard InChI is InChI=1S/C28H26N4O5/c1-3-10-20-15-19(17-29-32-27(34)22-13-8-9-14-23(22)31-28(32)35)16-24(36-4-2)26(20)37-18-25(33)30-21-11-6-5-7-12-21/h3,5-9,11-17H,1,4,10,18H2,2H3,(H,30,33)(H,31,35). The Bertz CT molecular complexity index is 1570. The number of para-hydroxylation sites is 2. The quantitative estimate of drug-likeness (QED) is 0.256. The maximum absolute atomic E-state index is 12.8. The lowest BCUT2D eigenvalue weighted by atomic mass is 10.1. The highest BCUT2D eigenvalue weighted by atomic mass is 16.5. The van der Waals surface area contributed by atoms with Gasteiger partial charge in [-0.3, -0.25) is 9.59 Å². The first kappa shape index (κ1) is 25.2. The fourth-order valence-electron chi connectivity index (χ4n) is 3.73. The number of nitrogens with zero attached hydrogens (tertiary/aromatic N) is 2. The highest BCUT2D eigenvalue weighted by Gasteiger charge is 2.15. The normalized spacial score (nSPS) is 10.9. The fraction of sp³-hybridized carbons (Fsp3) is 0.143. The number of hydrogen-bond donors (Lipinski definition) is 2. The van der Waals surface area contributed by atoms with Crippen LogP contribution >= 0.6 is 0 Å². The maximum atomic E-state index is 12.8. The molecule has 0 saturated heterocycles. The molecule has 4 aromatic rings. The van der Waals surface area contributed by atoms with Crippen LogP contribution in [0.5, 0.6) is 11.5 Å². The molecule has 4 rings (SSSR count). The van der Waals surface area contributed by atoms with E-state index in [4.69, 9.17) is 9.47 Å². The first-order valence-electron chi connectivity index (χ1n) is 11.7. The molecule has 0 aliphatic rings. The molecule has 9 nitrogen and oxygen atoms in total. The van der Waals surface area contributed by atoms with Crippen molar-refractivity contribution in [1.82, 2.24) is 9.66 Å². The van der Waals surface area contributed by atoms with Crippen molar-refractivity contribution in [3.8, 4) is 11.5 Å². The van der Waals surface area contributed by atoms with Gasteiger partial charge in [0.1, 0.15) is 0 Å². The number of allylic oxidation sites excluding steroid dienone is 1. The van der Waals surface area contributed by atoms with Gasteiger partial charge in [0.25, 0.3) is 11.5 Å². The van der Waals surface area contributed by atoms with E-state index in [1.807, 2.05) is 25.1 Å². The van der Waals surface area contributed by atoms with Gasteiger partial charge in [0.2, 0.25) is 0 Å². The van der Waals surface area contributed by atoms with E-state index in [0.717, 1.165) is 4.68 Å². The molecule has 1 aromatic heterocycles. The lowest BCUT2D eigenvalue weighted by Crippen LogP contribution is -2.32. The summed E-state index contributed by atoms with van der Waals surface area (Å²) in [6.07, 6.45) is 3.52. The van der Waals surface area contributed by atoms with E-state index in [0.29, 0.717) is 52.2 Å². The second kappa shape index (κ2) is 11.7. The Morgan fingerprint density at radius 3 is 2.59 bits per heavy atom. The van der Waals surface area contributed by atoms with Crippen molar-refractivity contribution in [1.29, 1.82) is 0 Å². The second-order valence-electron chi connectivity index (χ2n) is 7.97. The Balaban J connectivity index is 1.63. The van der Waals surface area contributed by atoms with Crippen molar-refractivity contribution in [2.45, 2.75) is 13.3 Å². The van der Waals surface area contributed by atoms with Crippen molar-refractivity contribution in [2.75, 3.05) is 18.5 Å². The lowest BCUT2D eigenvalue weighted by molar-refractivity contribution is -0.118. The van der Waals surface area contributed by atoms with E-state index in [-0.39, 0.29) is 12.5 Å². The summed E-state index contributed by atoms with van der Waals surface area (Å²) in [7, 11) is 0. The predicted molar refractivity (Wildman–Crippen MR) is 144 cm³/mol. The van der Waals surface area contributed by atoms with Crippen LogP contribution < -0.4 is 26.0 Å². The third kappa shape index (κ3) is 6.02. The van der Waals surface area contributed by atoms with Crippen molar-refractivity contribution < 1.29 is 14.3 Å². The van der Waals surface area contributed by atoms with Crippen LogP contribution in [0.4, 0.5) is 5.69 Å². The minimum absolute atomic E-state index is 0.228. The Morgan fingerprint density at radius 2 is 1.84 bits per heavy atom. The minimum Gasteiger partial charge on any atom is -0.490 e. The van der Waals surface area contributed by atoms with Crippen molar-refractivity contribution in [3.05, 3.63) is 111 Å². The summed E-state index contributed by atoms with van der Waals surface area (Å²) in [5.41, 5.74) is 1.19. The van der Waals surface area contributed by atoms with Crippen LogP contribution in [0.2, 0.25) is 0 Å². The number of anilines is 1. The van der Waals surface area contributed by atoms with Crippen molar-refractivity contribution in [2.24, 2.45) is 5.10 Å². The lowest BCUT2D eigenvalue weighted by Gasteiger charge is -2.16. The number of carbonyl (C=O) groups is 1. The van der Waals surface area contributed by atoms with E-state index < -0.39 is 11.2 Å². The van der Waals surface area contributed by atoms with Gasteiger partial charge in [-0.15, -0.1) is 11.3 Å². The predicted octanol–water partition coefficient (Wildman–Crippen LogP) is 3.72. The molecule has 3 aromatic carbocycles. The van der Waals surface area contributed by atoms with Gasteiger partial charge in [-0.1, -0.05) is 36.4 Å². The number of hydrogen-bond acceptors (Lipinski definition) is 6. The molecule has 0 atom stereocenters. The van der Waals surface area contributed by atoms with Crippen LogP contribution in [0.15, 0.2) is 94.1 Å². The summed E-state index contributed by atoms with van der Waals surface area (Å²) >= 11 is 0. The van der Waals surface area contributed by atoms with Crippen LogP contribution in [0.1, 0.15) is 18.1 Å². The highest BCUT2D eigenvalue weighted by Crippen LogP contribution is 2.33. The van der Waals surface area contributed by atoms with E-state index >= 15 is 0 Å². The molecule has 0 spiro atoms. The second-order valence-corrected chi connectivity index (χ2v) is 7.97. The van der Waals surface area contributed by atoms with Gasteiger partial charge in [0.05, 0.1) is 23.7 Å². The number of carbonyl (C=O) groups excluding carboxylic acids is 1. The third-order valence-electron chi connectivity index (χ3n) is 5.33. The molecule has 0 saturated carbocycles. The molecule has 0 aliphatic carbocycles. The largest absolute Gasteiger partial charge is 0.490 e. The van der Waals surface area contributed by atoms with Gasteiger partial charge >= 0.3 is 5.69 Å². The van der Waals surface area contributed by atoms with Gasteiger partial charge in [-0.05, 0) is 55.3 Å². The number of aromatic nitrogens is 2. The topological polar surface area (TPSA) is 115 Å². The molecule has 0 fully saturated rings. The number of nitrogens with one attached hydrogen (secondary N) is 2. The van der Waals surface area contributed by atoms with Crippen LogP contribution in [0, 0.1) is 0 Å². The van der Waals surface area contributed by atoms with E-state index in [2.05, 4.69) is 22.0 Å². The molecule has 0 unspecified atom stereocenters. The maximum Gasteiger partial charge on any atom is 0.349 e. The molecule has 9 heteroatoms. The van der Waals surface area contributed by atoms with Crippen LogP contribution in [0.25, 0.3) is 10.9 Å². The van der Waals surface area contributed by atoms with E-state index in [1.165, 1.54) is 6.21 Å². The zero-order chi connectivity index (χ0) is 26.2. The van der Waals surface area contributed by atoms with Crippen LogP contribution in [-0.2, 0) is 11.2 Å². The molecule has 0 bridgehead atoms. The molecular formula is C28H26N4O5. The summed E-state index contributed by atoms with van der Waals surface area (Å²) in [5.74, 6) is 0.483. The molecule has 1 heterocycles. The smallest absolute Gasteiger partial charge is 0.349 e. The number of fused-ring (bicyclic) bond motifs is 1. The van der Waals surface area contributed by atoms with Crippen LogP contribution in [-0.4, -0.2) is 35.0 Å². The van der Waals surface area contributed by atoms with Crippen molar-refractivity contribution in [3.63, 3.8) is 0 Å². The molecular weight excluding hydrogens is 472 g/mol. The summed E-state index contributed by atoms with van der Waals surface area (Å²) in [6, 6.07) is 19.2. The number of amides is 1. The Hall–Kier alpha value is -4.92. The monoisotopic (exact) mass is 498 g/mol. The first-order chi connectivity index (χ1) is 18.0.